The number of hydrogen-bond acceptors (Lipinski definition) is 2. The second-order valence-electron chi connectivity index (χ2n) is 5.22. The molecule has 2 nitrogen and oxygen atoms in total. The average molecular weight is 226 g/mol. The van der Waals surface area contributed by atoms with E-state index in [0.29, 0.717) is 6.17 Å². The maximum absolute atomic E-state index is 6.00. The highest BCUT2D eigenvalue weighted by Crippen LogP contribution is 2.14. The topological polar surface area (TPSA) is 29.0 Å². The zero-order valence-corrected chi connectivity index (χ0v) is 11.1. The van der Waals surface area contributed by atoms with Crippen molar-refractivity contribution >= 4 is 0 Å². The van der Waals surface area contributed by atoms with E-state index < -0.39 is 0 Å². The molecule has 0 amide bonds. The van der Waals surface area contributed by atoms with E-state index in [9.17, 15) is 0 Å². The van der Waals surface area contributed by atoms with Gasteiger partial charge < -0.3 is 5.73 Å². The lowest BCUT2D eigenvalue weighted by Gasteiger charge is -2.11. The second-order valence-corrected chi connectivity index (χ2v) is 5.22. The molecule has 0 aromatic carbocycles. The Morgan fingerprint density at radius 2 is 1.38 bits per heavy atom. The molecule has 1 aliphatic heterocycles. The van der Waals surface area contributed by atoms with Crippen LogP contribution in [-0.4, -0.2) is 24.2 Å². The van der Waals surface area contributed by atoms with E-state index in [4.69, 9.17) is 5.73 Å². The average Bonchev–Trinajstić information content (AvgIpc) is 3.10. The standard InChI is InChI=1S/C14H30N2/c1-2-3-4-5-6-7-8-9-10-11-14(15)16-12-13-16/h14H,2-13,15H2,1H3. The number of nitrogens with zero attached hydrogens (tertiary/aromatic N) is 1. The van der Waals surface area contributed by atoms with Crippen LogP contribution in [0.2, 0.25) is 0 Å². The van der Waals surface area contributed by atoms with Gasteiger partial charge in [-0.3, -0.25) is 4.90 Å². The second kappa shape index (κ2) is 9.00. The Kier molecular flexibility index (Phi) is 7.87. The zero-order chi connectivity index (χ0) is 11.6. The molecule has 0 aromatic rings. The lowest BCUT2D eigenvalue weighted by Crippen LogP contribution is -2.28. The molecule has 0 saturated carbocycles. The summed E-state index contributed by atoms with van der Waals surface area (Å²) in [6, 6.07) is 0. The van der Waals surface area contributed by atoms with Crippen molar-refractivity contribution in [2.45, 2.75) is 77.3 Å². The van der Waals surface area contributed by atoms with Crippen LogP contribution >= 0.6 is 0 Å². The number of hydrogen-bond donors (Lipinski definition) is 1. The van der Waals surface area contributed by atoms with Gasteiger partial charge in [0.05, 0.1) is 6.17 Å². The first-order chi connectivity index (χ1) is 7.84. The molecule has 0 bridgehead atoms. The van der Waals surface area contributed by atoms with Gasteiger partial charge in [0.2, 0.25) is 0 Å². The summed E-state index contributed by atoms with van der Waals surface area (Å²) in [4.78, 5) is 2.35. The molecule has 96 valence electrons. The number of unbranched alkanes of at least 4 members (excludes halogenated alkanes) is 8. The van der Waals surface area contributed by atoms with Gasteiger partial charge in [0, 0.05) is 13.1 Å². The van der Waals surface area contributed by atoms with Gasteiger partial charge >= 0.3 is 0 Å². The van der Waals surface area contributed by atoms with E-state index in [-0.39, 0.29) is 0 Å². The molecule has 1 heterocycles. The van der Waals surface area contributed by atoms with Crippen molar-refractivity contribution in [1.82, 2.24) is 4.90 Å². The fourth-order valence-electron chi connectivity index (χ4n) is 2.24. The summed E-state index contributed by atoms with van der Waals surface area (Å²) in [7, 11) is 0. The molecular weight excluding hydrogens is 196 g/mol. The molecule has 2 heteroatoms. The first-order valence-electron chi connectivity index (χ1n) is 7.34. The molecule has 0 aliphatic carbocycles. The summed E-state index contributed by atoms with van der Waals surface area (Å²) in [5.41, 5.74) is 6.00. The fourth-order valence-corrected chi connectivity index (χ4v) is 2.24. The molecule has 1 saturated heterocycles. The van der Waals surface area contributed by atoms with Crippen LogP contribution in [-0.2, 0) is 0 Å². The molecular formula is C14H30N2. The lowest BCUT2D eigenvalue weighted by molar-refractivity contribution is 0.370. The molecule has 16 heavy (non-hydrogen) atoms. The van der Waals surface area contributed by atoms with E-state index in [1.165, 1.54) is 77.3 Å². The first kappa shape index (κ1) is 14.0. The Bertz CT molecular complexity index is 155. The minimum atomic E-state index is 0.365. The summed E-state index contributed by atoms with van der Waals surface area (Å²) >= 11 is 0. The minimum absolute atomic E-state index is 0.365. The minimum Gasteiger partial charge on any atom is -0.316 e. The number of nitrogens with two attached hydrogens (primary N) is 1. The predicted octanol–water partition coefficient (Wildman–Crippen LogP) is 3.51. The maximum Gasteiger partial charge on any atom is 0.0572 e. The van der Waals surface area contributed by atoms with Crippen molar-refractivity contribution in [1.29, 1.82) is 0 Å². The zero-order valence-electron chi connectivity index (χ0n) is 11.1. The molecule has 1 rings (SSSR count). The molecule has 0 spiro atoms. The van der Waals surface area contributed by atoms with Crippen molar-refractivity contribution in [3.63, 3.8) is 0 Å². The summed E-state index contributed by atoms with van der Waals surface area (Å²) in [6.07, 6.45) is 14.2. The van der Waals surface area contributed by atoms with Gasteiger partial charge in [0.25, 0.3) is 0 Å². The highest BCUT2D eigenvalue weighted by molar-refractivity contribution is 4.77. The third-order valence-corrected chi connectivity index (χ3v) is 3.55. The van der Waals surface area contributed by atoms with Gasteiger partial charge in [-0.1, -0.05) is 64.7 Å². The predicted molar refractivity (Wildman–Crippen MR) is 71.4 cm³/mol. The molecule has 0 radical (unpaired) electrons. The molecule has 1 unspecified atom stereocenters. The van der Waals surface area contributed by atoms with Crippen LogP contribution in [0.5, 0.6) is 0 Å². The third-order valence-electron chi connectivity index (χ3n) is 3.55. The van der Waals surface area contributed by atoms with Crippen LogP contribution in [0, 0.1) is 0 Å². The van der Waals surface area contributed by atoms with Crippen molar-refractivity contribution in [3.05, 3.63) is 0 Å². The van der Waals surface area contributed by atoms with Crippen LogP contribution < -0.4 is 5.73 Å². The Balaban J connectivity index is 1.71. The monoisotopic (exact) mass is 226 g/mol. The molecule has 0 aromatic heterocycles. The lowest BCUT2D eigenvalue weighted by atomic mass is 10.1. The number of rotatable bonds is 11. The highest BCUT2D eigenvalue weighted by atomic mass is 15.3. The summed E-state index contributed by atoms with van der Waals surface area (Å²) in [6.45, 7) is 4.75. The van der Waals surface area contributed by atoms with Gasteiger partial charge in [-0.2, -0.15) is 0 Å². The van der Waals surface area contributed by atoms with Crippen LogP contribution in [0.4, 0.5) is 0 Å². The van der Waals surface area contributed by atoms with Crippen molar-refractivity contribution in [2.75, 3.05) is 13.1 Å². The summed E-state index contributed by atoms with van der Waals surface area (Å²) in [5.74, 6) is 0. The summed E-state index contributed by atoms with van der Waals surface area (Å²) in [5, 5.41) is 0. The molecule has 1 atom stereocenters. The van der Waals surface area contributed by atoms with E-state index >= 15 is 0 Å². The van der Waals surface area contributed by atoms with Crippen molar-refractivity contribution in [2.24, 2.45) is 5.73 Å². The summed E-state index contributed by atoms with van der Waals surface area (Å²) < 4.78 is 0. The van der Waals surface area contributed by atoms with Crippen molar-refractivity contribution < 1.29 is 0 Å². The van der Waals surface area contributed by atoms with Gasteiger partial charge in [0.1, 0.15) is 0 Å². The van der Waals surface area contributed by atoms with Crippen molar-refractivity contribution in [3.8, 4) is 0 Å². The van der Waals surface area contributed by atoms with E-state index in [1.54, 1.807) is 0 Å². The van der Waals surface area contributed by atoms with Gasteiger partial charge in [-0.15, -0.1) is 0 Å². The maximum atomic E-state index is 6.00. The smallest absolute Gasteiger partial charge is 0.0572 e. The molecule has 2 N–H and O–H groups in total. The molecule has 1 aliphatic rings. The Morgan fingerprint density at radius 3 is 1.88 bits per heavy atom. The van der Waals surface area contributed by atoms with Gasteiger partial charge in [-0.25, -0.2) is 0 Å². The van der Waals surface area contributed by atoms with E-state index in [0.717, 1.165) is 0 Å². The Hall–Kier alpha value is -0.0800. The van der Waals surface area contributed by atoms with Gasteiger partial charge in [0.15, 0.2) is 0 Å². The normalized spacial score (nSPS) is 17.6. The van der Waals surface area contributed by atoms with Crippen LogP contribution in [0.1, 0.15) is 71.1 Å². The fraction of sp³-hybridized carbons (Fsp3) is 1.00. The quantitative estimate of drug-likeness (QED) is 0.431. The van der Waals surface area contributed by atoms with Crippen LogP contribution in [0.15, 0.2) is 0 Å². The van der Waals surface area contributed by atoms with Crippen LogP contribution in [0.25, 0.3) is 0 Å². The third kappa shape index (κ3) is 7.24. The largest absolute Gasteiger partial charge is 0.316 e. The SMILES string of the molecule is CCCCCCCCCCCC(N)N1CC1. The first-order valence-corrected chi connectivity index (χ1v) is 7.34. The highest BCUT2D eigenvalue weighted by Gasteiger charge is 2.23. The Morgan fingerprint density at radius 1 is 0.875 bits per heavy atom. The van der Waals surface area contributed by atoms with E-state index in [2.05, 4.69) is 11.8 Å². The molecule has 1 fully saturated rings. The van der Waals surface area contributed by atoms with E-state index in [1.807, 2.05) is 0 Å². The van der Waals surface area contributed by atoms with Gasteiger partial charge in [-0.05, 0) is 6.42 Å². The van der Waals surface area contributed by atoms with Crippen LogP contribution in [0.3, 0.4) is 0 Å². The Labute approximate surface area is 102 Å².